The molecule has 0 bridgehead atoms. The van der Waals surface area contributed by atoms with E-state index in [0.29, 0.717) is 18.9 Å². The van der Waals surface area contributed by atoms with Gasteiger partial charge in [0.2, 0.25) is 5.95 Å². The molecule has 0 saturated carbocycles. The van der Waals surface area contributed by atoms with Gasteiger partial charge in [-0.05, 0) is 22.6 Å². The highest BCUT2D eigenvalue weighted by molar-refractivity contribution is 5.77. The summed E-state index contributed by atoms with van der Waals surface area (Å²) < 4.78 is 1.59. The van der Waals surface area contributed by atoms with Crippen molar-refractivity contribution in [2.75, 3.05) is 11.4 Å². The monoisotopic (exact) mass is 245 g/mol. The minimum atomic E-state index is 0.144. The van der Waals surface area contributed by atoms with Crippen molar-refractivity contribution in [1.82, 2.24) is 20.2 Å². The molecule has 0 amide bonds. The zero-order valence-corrected chi connectivity index (χ0v) is 10.1. The van der Waals surface area contributed by atoms with Crippen molar-refractivity contribution in [2.24, 2.45) is 12.8 Å². The van der Waals surface area contributed by atoms with Gasteiger partial charge in [-0.2, -0.15) is 0 Å². The van der Waals surface area contributed by atoms with Crippen molar-refractivity contribution in [3.05, 3.63) is 30.3 Å². The molecule has 2 aromatic rings. The molecule has 0 aliphatic heterocycles. The summed E-state index contributed by atoms with van der Waals surface area (Å²) in [6.45, 7) is 0.563. The van der Waals surface area contributed by atoms with Crippen LogP contribution in [0.25, 0.3) is 0 Å². The largest absolute Gasteiger partial charge is 0.388 e. The van der Waals surface area contributed by atoms with Crippen molar-refractivity contribution < 1.29 is 0 Å². The van der Waals surface area contributed by atoms with Gasteiger partial charge in [-0.15, -0.1) is 0 Å². The van der Waals surface area contributed by atoms with E-state index in [1.54, 1.807) is 11.7 Å². The van der Waals surface area contributed by atoms with E-state index >= 15 is 0 Å². The molecule has 0 atom stereocenters. The first-order valence-corrected chi connectivity index (χ1v) is 5.56. The molecule has 1 heterocycles. The van der Waals surface area contributed by atoms with E-state index in [4.69, 9.17) is 11.1 Å². The summed E-state index contributed by atoms with van der Waals surface area (Å²) in [5.74, 6) is 0.772. The lowest BCUT2D eigenvalue weighted by Crippen LogP contribution is -2.25. The Balaban J connectivity index is 2.29. The molecule has 7 heteroatoms. The maximum absolute atomic E-state index is 7.32. The van der Waals surface area contributed by atoms with E-state index in [-0.39, 0.29) is 5.84 Å². The van der Waals surface area contributed by atoms with Gasteiger partial charge in [-0.1, -0.05) is 23.3 Å². The Morgan fingerprint density at radius 2 is 2.11 bits per heavy atom. The van der Waals surface area contributed by atoms with Crippen LogP contribution in [0.1, 0.15) is 6.42 Å². The second-order valence-electron chi connectivity index (χ2n) is 3.86. The first kappa shape index (κ1) is 12.0. The molecule has 1 aromatic carbocycles. The van der Waals surface area contributed by atoms with Crippen LogP contribution in [0.2, 0.25) is 0 Å². The van der Waals surface area contributed by atoms with E-state index in [0.717, 1.165) is 5.69 Å². The van der Waals surface area contributed by atoms with Gasteiger partial charge in [0.25, 0.3) is 0 Å². The van der Waals surface area contributed by atoms with Crippen LogP contribution in [0.15, 0.2) is 30.3 Å². The van der Waals surface area contributed by atoms with E-state index in [1.807, 2.05) is 35.2 Å². The summed E-state index contributed by atoms with van der Waals surface area (Å²) in [6.07, 6.45) is 0.460. The molecule has 94 valence electrons. The molecule has 0 spiro atoms. The number of rotatable bonds is 5. The molecule has 7 nitrogen and oxygen atoms in total. The number of tetrazole rings is 1. The Kier molecular flexibility index (Phi) is 3.52. The SMILES string of the molecule is Cn1nnnc1N(CCC(=N)N)c1ccccc1. The smallest absolute Gasteiger partial charge is 0.249 e. The fourth-order valence-corrected chi connectivity index (χ4v) is 1.64. The topological polar surface area (TPSA) is 96.7 Å². The fourth-order valence-electron chi connectivity index (χ4n) is 1.64. The lowest BCUT2D eigenvalue weighted by atomic mass is 10.2. The van der Waals surface area contributed by atoms with E-state index in [9.17, 15) is 0 Å². The highest BCUT2D eigenvalue weighted by Crippen LogP contribution is 2.21. The zero-order chi connectivity index (χ0) is 13.0. The van der Waals surface area contributed by atoms with Gasteiger partial charge in [0.1, 0.15) is 0 Å². The van der Waals surface area contributed by atoms with Gasteiger partial charge in [-0.3, -0.25) is 5.41 Å². The number of benzene rings is 1. The second kappa shape index (κ2) is 5.26. The standard InChI is InChI=1S/C11H15N7/c1-17-11(14-15-16-17)18(8-7-10(12)13)9-5-3-2-4-6-9/h2-6H,7-8H2,1H3,(H3,12,13). The summed E-state index contributed by atoms with van der Waals surface area (Å²) in [4.78, 5) is 1.93. The molecule has 0 aliphatic carbocycles. The van der Waals surface area contributed by atoms with Crippen LogP contribution in [0.4, 0.5) is 11.6 Å². The van der Waals surface area contributed by atoms with Crippen molar-refractivity contribution in [1.29, 1.82) is 5.41 Å². The number of hydrogen-bond donors (Lipinski definition) is 2. The van der Waals surface area contributed by atoms with Crippen molar-refractivity contribution in [3.8, 4) is 0 Å². The van der Waals surface area contributed by atoms with Gasteiger partial charge in [0, 0.05) is 25.7 Å². The summed E-state index contributed by atoms with van der Waals surface area (Å²) in [5.41, 5.74) is 6.38. The number of nitrogens with two attached hydrogens (primary N) is 1. The summed E-state index contributed by atoms with van der Waals surface area (Å²) in [5, 5.41) is 18.8. The van der Waals surface area contributed by atoms with Crippen molar-refractivity contribution in [2.45, 2.75) is 6.42 Å². The van der Waals surface area contributed by atoms with Crippen molar-refractivity contribution in [3.63, 3.8) is 0 Å². The van der Waals surface area contributed by atoms with Crippen LogP contribution in [-0.2, 0) is 7.05 Å². The van der Waals surface area contributed by atoms with Gasteiger partial charge in [0.05, 0.1) is 5.84 Å². The Morgan fingerprint density at radius 1 is 1.39 bits per heavy atom. The lowest BCUT2D eigenvalue weighted by Gasteiger charge is -2.22. The molecule has 0 radical (unpaired) electrons. The second-order valence-corrected chi connectivity index (χ2v) is 3.86. The summed E-state index contributed by atoms with van der Waals surface area (Å²) in [7, 11) is 1.78. The van der Waals surface area contributed by atoms with Crippen LogP contribution >= 0.6 is 0 Å². The van der Waals surface area contributed by atoms with Gasteiger partial charge in [-0.25, -0.2) is 4.68 Å². The Bertz CT molecular complexity index is 519. The maximum Gasteiger partial charge on any atom is 0.249 e. The third kappa shape index (κ3) is 2.62. The lowest BCUT2D eigenvalue weighted by molar-refractivity contribution is 0.702. The third-order valence-electron chi connectivity index (χ3n) is 2.51. The number of aryl methyl sites for hydroxylation is 1. The Hall–Kier alpha value is -2.44. The third-order valence-corrected chi connectivity index (χ3v) is 2.51. The molecular formula is C11H15N7. The molecule has 0 fully saturated rings. The zero-order valence-electron chi connectivity index (χ0n) is 10.1. The van der Waals surface area contributed by atoms with Crippen LogP contribution in [0.5, 0.6) is 0 Å². The van der Waals surface area contributed by atoms with E-state index in [1.165, 1.54) is 0 Å². The number of aromatic nitrogens is 4. The minimum absolute atomic E-state index is 0.144. The quantitative estimate of drug-likeness (QED) is 0.596. The van der Waals surface area contributed by atoms with Crippen molar-refractivity contribution >= 4 is 17.5 Å². The first-order valence-electron chi connectivity index (χ1n) is 5.56. The Labute approximate surface area is 105 Å². The molecule has 0 saturated heterocycles. The molecule has 3 N–H and O–H groups in total. The van der Waals surface area contributed by atoms with Crippen LogP contribution < -0.4 is 10.6 Å². The highest BCUT2D eigenvalue weighted by atomic mass is 15.6. The summed E-state index contributed by atoms with van der Waals surface area (Å²) >= 11 is 0. The van der Waals surface area contributed by atoms with E-state index in [2.05, 4.69) is 15.5 Å². The van der Waals surface area contributed by atoms with Gasteiger partial charge in [0.15, 0.2) is 0 Å². The predicted octanol–water partition coefficient (Wildman–Crippen LogP) is 0.674. The van der Waals surface area contributed by atoms with Gasteiger partial charge < -0.3 is 10.6 Å². The molecule has 2 rings (SSSR count). The minimum Gasteiger partial charge on any atom is -0.388 e. The predicted molar refractivity (Wildman–Crippen MR) is 68.8 cm³/mol. The fraction of sp³-hybridized carbons (Fsp3) is 0.273. The number of amidine groups is 1. The average molecular weight is 245 g/mol. The number of nitrogens with one attached hydrogen (secondary N) is 1. The van der Waals surface area contributed by atoms with Gasteiger partial charge >= 0.3 is 0 Å². The number of anilines is 2. The number of para-hydroxylation sites is 1. The summed E-state index contributed by atoms with van der Waals surface area (Å²) in [6, 6.07) is 9.77. The Morgan fingerprint density at radius 3 is 2.67 bits per heavy atom. The van der Waals surface area contributed by atoms with Crippen LogP contribution in [-0.4, -0.2) is 32.6 Å². The maximum atomic E-state index is 7.32. The average Bonchev–Trinajstić information content (AvgIpc) is 2.77. The molecule has 0 aliphatic rings. The number of hydrogen-bond acceptors (Lipinski definition) is 5. The highest BCUT2D eigenvalue weighted by Gasteiger charge is 2.15. The molecule has 18 heavy (non-hydrogen) atoms. The first-order chi connectivity index (χ1) is 8.68. The molecule has 1 aromatic heterocycles. The van der Waals surface area contributed by atoms with Crippen LogP contribution in [0.3, 0.4) is 0 Å². The van der Waals surface area contributed by atoms with E-state index < -0.39 is 0 Å². The van der Waals surface area contributed by atoms with Crippen LogP contribution in [0, 0.1) is 5.41 Å². The number of nitrogens with zero attached hydrogens (tertiary/aromatic N) is 5. The molecular weight excluding hydrogens is 230 g/mol. The normalized spacial score (nSPS) is 10.3. The molecule has 0 unspecified atom stereocenters.